The summed E-state index contributed by atoms with van der Waals surface area (Å²) in [5, 5.41) is 4.00. The standard InChI is InChI=1S/C18H24N4O2/c1-4-21(12-16-19-17(13(2)3)20-24-16)15-10-11-22(18(15)23)14-8-6-5-7-9-14/h5-9,13,15H,4,10-12H2,1-3H3/t15-/m1/s1. The summed E-state index contributed by atoms with van der Waals surface area (Å²) in [5.41, 5.74) is 0.959. The minimum Gasteiger partial charge on any atom is -0.338 e. The Morgan fingerprint density at radius 2 is 2.08 bits per heavy atom. The fraction of sp³-hybridized carbons (Fsp3) is 0.500. The molecule has 1 atom stereocenters. The van der Waals surface area contributed by atoms with E-state index in [2.05, 4.69) is 22.0 Å². The molecule has 1 aliphatic heterocycles. The molecule has 1 amide bonds. The van der Waals surface area contributed by atoms with Crippen LogP contribution in [0, 0.1) is 0 Å². The molecule has 1 saturated heterocycles. The van der Waals surface area contributed by atoms with Gasteiger partial charge in [-0.1, -0.05) is 44.1 Å². The van der Waals surface area contributed by atoms with Crippen molar-refractivity contribution in [3.05, 3.63) is 42.0 Å². The molecule has 0 aliphatic carbocycles. The van der Waals surface area contributed by atoms with Crippen molar-refractivity contribution in [2.75, 3.05) is 18.0 Å². The van der Waals surface area contributed by atoms with Crippen molar-refractivity contribution < 1.29 is 9.32 Å². The Morgan fingerprint density at radius 3 is 2.71 bits per heavy atom. The minimum absolute atomic E-state index is 0.135. The second kappa shape index (κ2) is 7.13. The number of hydrogen-bond donors (Lipinski definition) is 0. The van der Waals surface area contributed by atoms with E-state index in [1.165, 1.54) is 0 Å². The third kappa shape index (κ3) is 3.33. The molecule has 128 valence electrons. The van der Waals surface area contributed by atoms with E-state index in [1.54, 1.807) is 0 Å². The second-order valence-corrected chi connectivity index (χ2v) is 6.39. The zero-order chi connectivity index (χ0) is 17.1. The number of rotatable bonds is 6. The van der Waals surface area contributed by atoms with Gasteiger partial charge in [0.2, 0.25) is 11.8 Å². The molecule has 0 spiro atoms. The minimum atomic E-state index is -0.135. The number of aromatic nitrogens is 2. The SMILES string of the molecule is CCN(Cc1nc(C(C)C)no1)[C@@H]1CCN(c2ccccc2)C1=O. The Bertz CT molecular complexity index is 683. The summed E-state index contributed by atoms with van der Waals surface area (Å²) in [6.45, 7) is 8.13. The molecule has 1 aliphatic rings. The highest BCUT2D eigenvalue weighted by atomic mass is 16.5. The summed E-state index contributed by atoms with van der Waals surface area (Å²) in [6, 6.07) is 9.69. The molecule has 6 heteroatoms. The molecule has 0 unspecified atom stereocenters. The average Bonchev–Trinajstić information content (AvgIpc) is 3.20. The normalized spacial score (nSPS) is 18.1. The van der Waals surface area contributed by atoms with Crippen LogP contribution in [0.1, 0.15) is 44.8 Å². The summed E-state index contributed by atoms with van der Waals surface area (Å²) < 4.78 is 5.34. The molecule has 2 heterocycles. The van der Waals surface area contributed by atoms with Crippen molar-refractivity contribution in [3.63, 3.8) is 0 Å². The largest absolute Gasteiger partial charge is 0.338 e. The lowest BCUT2D eigenvalue weighted by Crippen LogP contribution is -2.41. The molecule has 24 heavy (non-hydrogen) atoms. The zero-order valence-corrected chi connectivity index (χ0v) is 14.5. The van der Waals surface area contributed by atoms with E-state index < -0.39 is 0 Å². The lowest BCUT2D eigenvalue weighted by Gasteiger charge is -2.25. The van der Waals surface area contributed by atoms with Crippen LogP contribution in [-0.4, -0.2) is 40.1 Å². The van der Waals surface area contributed by atoms with Gasteiger partial charge in [0.1, 0.15) is 0 Å². The quantitative estimate of drug-likeness (QED) is 0.816. The van der Waals surface area contributed by atoms with Crippen LogP contribution in [0.3, 0.4) is 0 Å². The first-order chi connectivity index (χ1) is 11.6. The molecule has 1 aromatic carbocycles. The van der Waals surface area contributed by atoms with Crippen LogP contribution in [-0.2, 0) is 11.3 Å². The summed E-state index contributed by atoms with van der Waals surface area (Å²) in [7, 11) is 0. The monoisotopic (exact) mass is 328 g/mol. The highest BCUT2D eigenvalue weighted by Gasteiger charge is 2.36. The van der Waals surface area contributed by atoms with Crippen LogP contribution in [0.2, 0.25) is 0 Å². The fourth-order valence-electron chi connectivity index (χ4n) is 3.05. The van der Waals surface area contributed by atoms with E-state index in [0.717, 1.165) is 25.2 Å². The number of benzene rings is 1. The summed E-state index contributed by atoms with van der Waals surface area (Å²) in [5.74, 6) is 1.67. The molecule has 1 aromatic heterocycles. The lowest BCUT2D eigenvalue weighted by atomic mass is 10.2. The molecule has 0 saturated carbocycles. The van der Waals surface area contributed by atoms with E-state index in [-0.39, 0.29) is 17.9 Å². The van der Waals surface area contributed by atoms with Gasteiger partial charge >= 0.3 is 0 Å². The van der Waals surface area contributed by atoms with Gasteiger partial charge in [-0.15, -0.1) is 0 Å². The van der Waals surface area contributed by atoms with Gasteiger partial charge in [-0.3, -0.25) is 9.69 Å². The lowest BCUT2D eigenvalue weighted by molar-refractivity contribution is -0.121. The van der Waals surface area contributed by atoms with E-state index in [1.807, 2.05) is 49.1 Å². The maximum atomic E-state index is 12.8. The summed E-state index contributed by atoms with van der Waals surface area (Å²) >= 11 is 0. The molecule has 0 N–H and O–H groups in total. The van der Waals surface area contributed by atoms with Crippen molar-refractivity contribution in [2.45, 2.75) is 45.7 Å². The first-order valence-electron chi connectivity index (χ1n) is 8.53. The number of likely N-dealkylation sites (N-methyl/N-ethyl adjacent to an activating group) is 1. The first kappa shape index (κ1) is 16.6. The molecule has 2 aromatic rings. The van der Waals surface area contributed by atoms with Gasteiger partial charge in [0.15, 0.2) is 5.82 Å². The smallest absolute Gasteiger partial charge is 0.244 e. The molecular formula is C18H24N4O2. The average molecular weight is 328 g/mol. The van der Waals surface area contributed by atoms with Crippen LogP contribution in [0.4, 0.5) is 5.69 Å². The third-order valence-corrected chi connectivity index (χ3v) is 4.43. The number of para-hydroxylation sites is 1. The van der Waals surface area contributed by atoms with Crippen molar-refractivity contribution in [1.29, 1.82) is 0 Å². The van der Waals surface area contributed by atoms with Crippen molar-refractivity contribution in [3.8, 4) is 0 Å². The number of nitrogens with zero attached hydrogens (tertiary/aromatic N) is 4. The Balaban J connectivity index is 1.70. The number of amides is 1. The van der Waals surface area contributed by atoms with Crippen LogP contribution in [0.25, 0.3) is 0 Å². The fourth-order valence-corrected chi connectivity index (χ4v) is 3.05. The Kier molecular flexibility index (Phi) is 4.94. The van der Waals surface area contributed by atoms with E-state index in [9.17, 15) is 4.79 Å². The van der Waals surface area contributed by atoms with Gasteiger partial charge < -0.3 is 9.42 Å². The van der Waals surface area contributed by atoms with Gasteiger partial charge in [0.05, 0.1) is 12.6 Å². The molecule has 1 fully saturated rings. The second-order valence-electron chi connectivity index (χ2n) is 6.39. The topological polar surface area (TPSA) is 62.5 Å². The Morgan fingerprint density at radius 1 is 1.33 bits per heavy atom. The van der Waals surface area contributed by atoms with Gasteiger partial charge in [0, 0.05) is 18.2 Å². The van der Waals surface area contributed by atoms with Crippen molar-refractivity contribution in [1.82, 2.24) is 15.0 Å². The van der Waals surface area contributed by atoms with E-state index in [0.29, 0.717) is 18.3 Å². The van der Waals surface area contributed by atoms with Crippen LogP contribution in [0.15, 0.2) is 34.9 Å². The predicted octanol–water partition coefficient (Wildman–Crippen LogP) is 2.82. The third-order valence-electron chi connectivity index (χ3n) is 4.43. The number of carbonyl (C=O) groups is 1. The molecule has 6 nitrogen and oxygen atoms in total. The van der Waals surface area contributed by atoms with Gasteiger partial charge in [-0.05, 0) is 25.1 Å². The molecule has 3 rings (SSSR count). The number of carbonyl (C=O) groups excluding carboxylic acids is 1. The summed E-state index contributed by atoms with van der Waals surface area (Å²) in [6.07, 6.45) is 0.812. The predicted molar refractivity (Wildman–Crippen MR) is 91.7 cm³/mol. The highest BCUT2D eigenvalue weighted by molar-refractivity contribution is 5.99. The number of hydrogen-bond acceptors (Lipinski definition) is 5. The van der Waals surface area contributed by atoms with E-state index in [4.69, 9.17) is 4.52 Å². The van der Waals surface area contributed by atoms with Crippen LogP contribution >= 0.6 is 0 Å². The first-order valence-corrected chi connectivity index (χ1v) is 8.53. The van der Waals surface area contributed by atoms with E-state index >= 15 is 0 Å². The Labute approximate surface area is 142 Å². The zero-order valence-electron chi connectivity index (χ0n) is 14.5. The maximum Gasteiger partial charge on any atom is 0.244 e. The van der Waals surface area contributed by atoms with Crippen molar-refractivity contribution in [2.24, 2.45) is 0 Å². The maximum absolute atomic E-state index is 12.8. The molecular weight excluding hydrogens is 304 g/mol. The molecule has 0 bridgehead atoms. The van der Waals surface area contributed by atoms with Crippen molar-refractivity contribution >= 4 is 11.6 Å². The van der Waals surface area contributed by atoms with Gasteiger partial charge in [0.25, 0.3) is 0 Å². The highest BCUT2D eigenvalue weighted by Crippen LogP contribution is 2.25. The van der Waals surface area contributed by atoms with Crippen LogP contribution in [0.5, 0.6) is 0 Å². The van der Waals surface area contributed by atoms with Gasteiger partial charge in [-0.2, -0.15) is 4.98 Å². The van der Waals surface area contributed by atoms with Crippen LogP contribution < -0.4 is 4.90 Å². The van der Waals surface area contributed by atoms with Gasteiger partial charge in [-0.25, -0.2) is 0 Å². The molecule has 0 radical (unpaired) electrons. The Hall–Kier alpha value is -2.21. The summed E-state index contributed by atoms with van der Waals surface area (Å²) in [4.78, 5) is 21.2. The number of anilines is 1.